The molecule has 2 unspecified atom stereocenters. The third-order valence-corrected chi connectivity index (χ3v) is 5.88. The van der Waals surface area contributed by atoms with E-state index < -0.39 is 0 Å². The van der Waals surface area contributed by atoms with Gasteiger partial charge in [0.15, 0.2) is 0 Å². The van der Waals surface area contributed by atoms with Crippen LogP contribution in [-0.4, -0.2) is 24.5 Å². The Hall–Kier alpha value is -0.0400. The van der Waals surface area contributed by atoms with Crippen molar-refractivity contribution in [3.05, 3.63) is 0 Å². The zero-order chi connectivity index (χ0) is 18.9. The molecule has 0 radical (unpaired) electrons. The summed E-state index contributed by atoms with van der Waals surface area (Å²) in [6, 6.07) is 0. The molecule has 0 spiro atoms. The van der Waals surface area contributed by atoms with Crippen LogP contribution in [0.2, 0.25) is 0 Å². The first-order chi connectivity index (χ1) is 12.1. The second kappa shape index (κ2) is 17.4. The van der Waals surface area contributed by atoms with E-state index in [1.807, 2.05) is 0 Å². The maximum absolute atomic E-state index is 2.85. The van der Waals surface area contributed by atoms with E-state index >= 15 is 0 Å². The number of hydrogen-bond acceptors (Lipinski definition) is 1. The summed E-state index contributed by atoms with van der Waals surface area (Å²) in [7, 11) is 0. The minimum absolute atomic E-state index is 0.869. The van der Waals surface area contributed by atoms with E-state index in [4.69, 9.17) is 0 Å². The van der Waals surface area contributed by atoms with Crippen LogP contribution >= 0.6 is 0 Å². The molecule has 2 atom stereocenters. The molecule has 0 N–H and O–H groups in total. The fourth-order valence-electron chi connectivity index (χ4n) is 3.89. The van der Waals surface area contributed by atoms with E-state index in [0.717, 1.165) is 17.8 Å². The number of hydrogen-bond donors (Lipinski definition) is 0. The molecule has 1 heteroatoms. The quantitative estimate of drug-likeness (QED) is 0.226. The lowest BCUT2D eigenvalue weighted by Gasteiger charge is -2.30. The largest absolute Gasteiger partial charge is 0.303 e. The molecule has 25 heavy (non-hydrogen) atoms. The molecular formula is C24H51N. The highest BCUT2D eigenvalue weighted by Crippen LogP contribution is 2.19. The van der Waals surface area contributed by atoms with E-state index in [9.17, 15) is 0 Å². The molecule has 0 aliphatic heterocycles. The second-order valence-electron chi connectivity index (χ2n) is 8.84. The van der Waals surface area contributed by atoms with Crippen molar-refractivity contribution >= 4 is 0 Å². The minimum atomic E-state index is 0.869. The van der Waals surface area contributed by atoms with Gasteiger partial charge in [-0.1, -0.05) is 99.3 Å². The average Bonchev–Trinajstić information content (AvgIpc) is 2.60. The van der Waals surface area contributed by atoms with Gasteiger partial charge in [0.2, 0.25) is 0 Å². The van der Waals surface area contributed by atoms with E-state index in [1.165, 1.54) is 96.7 Å². The van der Waals surface area contributed by atoms with Crippen LogP contribution in [0, 0.1) is 17.8 Å². The van der Waals surface area contributed by atoms with E-state index in [0.29, 0.717) is 0 Å². The fourth-order valence-corrected chi connectivity index (χ4v) is 3.89. The van der Waals surface area contributed by atoms with Crippen LogP contribution in [-0.2, 0) is 0 Å². The summed E-state index contributed by atoms with van der Waals surface area (Å²) in [5.41, 5.74) is 0. The summed E-state index contributed by atoms with van der Waals surface area (Å²) in [6.45, 7) is 18.2. The van der Waals surface area contributed by atoms with Crippen molar-refractivity contribution in [2.75, 3.05) is 19.6 Å². The Morgan fingerprint density at radius 3 is 1.52 bits per heavy atom. The number of unbranched alkanes of at least 4 members (excludes halogenated alkanes) is 4. The van der Waals surface area contributed by atoms with E-state index in [1.54, 1.807) is 0 Å². The van der Waals surface area contributed by atoms with Gasteiger partial charge in [0, 0.05) is 13.1 Å². The first-order valence-corrected chi connectivity index (χ1v) is 11.8. The normalized spacial score (nSPS) is 14.4. The van der Waals surface area contributed by atoms with Crippen molar-refractivity contribution in [1.29, 1.82) is 0 Å². The van der Waals surface area contributed by atoms with Gasteiger partial charge in [-0.25, -0.2) is 0 Å². The van der Waals surface area contributed by atoms with Crippen molar-refractivity contribution in [1.82, 2.24) is 4.90 Å². The Labute approximate surface area is 161 Å². The van der Waals surface area contributed by atoms with Crippen molar-refractivity contribution in [3.8, 4) is 0 Å². The first kappa shape index (κ1) is 25.0. The lowest BCUT2D eigenvalue weighted by molar-refractivity contribution is 0.178. The molecule has 0 saturated carbocycles. The topological polar surface area (TPSA) is 3.24 Å². The van der Waals surface area contributed by atoms with Crippen LogP contribution in [0.3, 0.4) is 0 Å². The van der Waals surface area contributed by atoms with Crippen LogP contribution in [0.25, 0.3) is 0 Å². The molecule has 0 fully saturated rings. The van der Waals surface area contributed by atoms with Gasteiger partial charge in [0.1, 0.15) is 0 Å². The highest BCUT2D eigenvalue weighted by molar-refractivity contribution is 4.70. The summed E-state index contributed by atoms with van der Waals surface area (Å²) in [5.74, 6) is 2.70. The highest BCUT2D eigenvalue weighted by atomic mass is 15.1. The average molecular weight is 354 g/mol. The van der Waals surface area contributed by atoms with Gasteiger partial charge in [0.05, 0.1) is 0 Å². The molecule has 0 heterocycles. The Bertz CT molecular complexity index is 243. The summed E-state index contributed by atoms with van der Waals surface area (Å²) in [4.78, 5) is 2.85. The molecule has 0 rings (SSSR count). The van der Waals surface area contributed by atoms with Crippen molar-refractivity contribution in [3.63, 3.8) is 0 Å². The molecule has 0 aromatic heterocycles. The molecule has 1 nitrogen and oxygen atoms in total. The number of nitrogens with zero attached hydrogens (tertiary/aromatic N) is 1. The Kier molecular flexibility index (Phi) is 17.3. The third kappa shape index (κ3) is 14.8. The van der Waals surface area contributed by atoms with Gasteiger partial charge in [0.25, 0.3) is 0 Å². The molecule has 0 saturated heterocycles. The van der Waals surface area contributed by atoms with Crippen LogP contribution in [0.4, 0.5) is 0 Å². The van der Waals surface area contributed by atoms with Crippen LogP contribution in [0.5, 0.6) is 0 Å². The van der Waals surface area contributed by atoms with Crippen LogP contribution in [0.15, 0.2) is 0 Å². The smallest absolute Gasteiger partial charge is 0.000967 e. The summed E-state index contributed by atoms with van der Waals surface area (Å²) >= 11 is 0. The van der Waals surface area contributed by atoms with Gasteiger partial charge >= 0.3 is 0 Å². The maximum Gasteiger partial charge on any atom is 0.000967 e. The van der Waals surface area contributed by atoms with Gasteiger partial charge < -0.3 is 4.90 Å². The van der Waals surface area contributed by atoms with Gasteiger partial charge in [-0.3, -0.25) is 0 Å². The van der Waals surface area contributed by atoms with Gasteiger partial charge in [-0.15, -0.1) is 0 Å². The molecule has 0 aliphatic rings. The van der Waals surface area contributed by atoms with Crippen molar-refractivity contribution in [2.24, 2.45) is 17.8 Å². The van der Waals surface area contributed by atoms with E-state index in [-0.39, 0.29) is 0 Å². The Morgan fingerprint density at radius 1 is 0.600 bits per heavy atom. The first-order valence-electron chi connectivity index (χ1n) is 11.8. The second-order valence-corrected chi connectivity index (χ2v) is 8.84. The monoisotopic (exact) mass is 353 g/mol. The Balaban J connectivity index is 4.45. The molecule has 0 amide bonds. The van der Waals surface area contributed by atoms with Crippen molar-refractivity contribution in [2.45, 2.75) is 119 Å². The van der Waals surface area contributed by atoms with E-state index in [2.05, 4.69) is 46.4 Å². The fraction of sp³-hybridized carbons (Fsp3) is 1.00. The zero-order valence-electron chi connectivity index (χ0n) is 18.8. The molecule has 0 bridgehead atoms. The molecular weight excluding hydrogens is 302 g/mol. The summed E-state index contributed by atoms with van der Waals surface area (Å²) in [5, 5.41) is 0. The summed E-state index contributed by atoms with van der Waals surface area (Å²) in [6.07, 6.45) is 16.7. The van der Waals surface area contributed by atoms with Gasteiger partial charge in [-0.2, -0.15) is 0 Å². The molecule has 152 valence electrons. The predicted molar refractivity (Wildman–Crippen MR) is 116 cm³/mol. The minimum Gasteiger partial charge on any atom is -0.303 e. The van der Waals surface area contributed by atoms with Crippen LogP contribution in [0.1, 0.15) is 119 Å². The lowest BCUT2D eigenvalue weighted by atomic mass is 9.95. The predicted octanol–water partition coefficient (Wildman–Crippen LogP) is 7.94. The summed E-state index contributed by atoms with van der Waals surface area (Å²) < 4.78 is 0. The molecule has 0 aliphatic carbocycles. The number of rotatable bonds is 18. The van der Waals surface area contributed by atoms with Gasteiger partial charge in [-0.05, 0) is 43.6 Å². The zero-order valence-corrected chi connectivity index (χ0v) is 18.8. The maximum atomic E-state index is 2.85. The molecule has 0 aromatic carbocycles. The Morgan fingerprint density at radius 2 is 1.12 bits per heavy atom. The standard InChI is InChI=1S/C24H51N/c1-7-11-17-23(9-3)20-25(19-15-13-14-16-22(5)6)21-24(10-4)18-12-8-2/h22-24H,7-21H2,1-6H3. The third-order valence-electron chi connectivity index (χ3n) is 5.88. The lowest BCUT2D eigenvalue weighted by Crippen LogP contribution is -2.35. The highest BCUT2D eigenvalue weighted by Gasteiger charge is 2.16. The van der Waals surface area contributed by atoms with Crippen LogP contribution < -0.4 is 0 Å². The molecule has 0 aromatic rings. The van der Waals surface area contributed by atoms with Crippen molar-refractivity contribution < 1.29 is 0 Å². The SMILES string of the molecule is CCCCC(CC)CN(CCCCCC(C)C)CC(CC)CCCC.